The molecule has 0 spiro atoms. The molecule has 0 aliphatic rings. The van der Waals surface area contributed by atoms with Gasteiger partial charge in [-0.1, -0.05) is 48.5 Å². The minimum Gasteiger partial charge on any atom is -0.545 e. The molecule has 208 valence electrons. The number of hydrogen-bond donors (Lipinski definition) is 0. The quantitative estimate of drug-likeness (QED) is 0.222. The Kier molecular flexibility index (Phi) is 16.4. The molecule has 0 heterocycles. The maximum Gasteiger partial charge on any atom is 4.00 e. The summed E-state index contributed by atoms with van der Waals surface area (Å²) in [5, 5.41) is 40.3. The zero-order chi connectivity index (χ0) is 30.2. The minimum atomic E-state index is -1.29. The molecule has 0 aliphatic carbocycles. The van der Waals surface area contributed by atoms with Gasteiger partial charge in [0.25, 0.3) is 0 Å². The molecule has 0 N–H and O–H groups in total. The number of carboxylic acids is 4. The third-order valence-electron chi connectivity index (χ3n) is 4.32. The molecule has 0 amide bonds. The second kappa shape index (κ2) is 18.5. The molecule has 4 aromatic carbocycles. The summed E-state index contributed by atoms with van der Waals surface area (Å²) in [5.41, 5.74) is -0.0504. The van der Waals surface area contributed by atoms with Crippen LogP contribution in [-0.4, -0.2) is 47.8 Å². The zero-order valence-electron chi connectivity index (χ0n) is 20.5. The van der Waals surface area contributed by atoms with Gasteiger partial charge in [0.2, 0.25) is 0 Å². The standard InChI is InChI=1S/4C7H5FO2.Sn/c4*8-6-3-1-5(2-4-6)7(9)10;/h4*1-4H,(H,9,10);/q;;;;+4/p-4. The number of halogens is 4. The number of carbonyl (C=O) groups excluding carboxylic acids is 4. The van der Waals surface area contributed by atoms with Gasteiger partial charge < -0.3 is 39.6 Å². The van der Waals surface area contributed by atoms with E-state index in [-0.39, 0.29) is 46.2 Å². The van der Waals surface area contributed by atoms with Crippen molar-refractivity contribution in [2.75, 3.05) is 0 Å². The van der Waals surface area contributed by atoms with Crippen molar-refractivity contribution in [2.24, 2.45) is 0 Å². The van der Waals surface area contributed by atoms with E-state index < -0.39 is 47.1 Å². The maximum atomic E-state index is 12.1. The molecule has 0 aliphatic heterocycles. The average molecular weight is 675 g/mol. The molecule has 0 aromatic heterocycles. The number of carbonyl (C=O) groups is 4. The molecule has 13 heteroatoms. The Bertz CT molecular complexity index is 1190. The third-order valence-corrected chi connectivity index (χ3v) is 4.32. The Morgan fingerprint density at radius 1 is 0.341 bits per heavy atom. The fraction of sp³-hybridized carbons (Fsp3) is 0. The van der Waals surface area contributed by atoms with Crippen molar-refractivity contribution < 1.29 is 57.2 Å². The largest absolute Gasteiger partial charge is 4.00 e. The van der Waals surface area contributed by atoms with Crippen LogP contribution in [0, 0.1) is 23.3 Å². The number of hydrogen-bond acceptors (Lipinski definition) is 8. The van der Waals surface area contributed by atoms with Gasteiger partial charge in [-0.05, 0) is 70.8 Å². The predicted octanol–water partition coefficient (Wildman–Crippen LogP) is 0.376. The molecule has 0 radical (unpaired) electrons. The second-order valence-corrected chi connectivity index (χ2v) is 7.18. The molecule has 0 fully saturated rings. The number of carboxylic acid groups (broad SMARTS) is 4. The first-order valence-corrected chi connectivity index (χ1v) is 10.7. The van der Waals surface area contributed by atoms with E-state index in [1.54, 1.807) is 0 Å². The SMILES string of the molecule is O=C([O-])c1ccc(F)cc1.O=C([O-])c1ccc(F)cc1.O=C([O-])c1ccc(F)cc1.O=C([O-])c1ccc(F)cc1.[Sn+4]. The van der Waals surface area contributed by atoms with Crippen molar-refractivity contribution in [3.05, 3.63) is 143 Å². The van der Waals surface area contributed by atoms with Gasteiger partial charge >= 0.3 is 23.9 Å². The molecular formula is C28H16F4O8Sn. The molecule has 0 saturated heterocycles. The summed E-state index contributed by atoms with van der Waals surface area (Å²) in [7, 11) is 0. The Morgan fingerprint density at radius 3 is 0.561 bits per heavy atom. The van der Waals surface area contributed by atoms with E-state index >= 15 is 0 Å². The van der Waals surface area contributed by atoms with E-state index in [4.69, 9.17) is 0 Å². The van der Waals surface area contributed by atoms with Gasteiger partial charge in [-0.25, -0.2) is 17.6 Å². The van der Waals surface area contributed by atoms with Gasteiger partial charge in [0, 0.05) is 0 Å². The van der Waals surface area contributed by atoms with E-state index in [2.05, 4.69) is 0 Å². The van der Waals surface area contributed by atoms with Crippen LogP contribution in [0.3, 0.4) is 0 Å². The maximum absolute atomic E-state index is 12.1. The summed E-state index contributed by atoms with van der Waals surface area (Å²) >= 11 is 0. The fourth-order valence-electron chi connectivity index (χ4n) is 2.34. The smallest absolute Gasteiger partial charge is 0.545 e. The second-order valence-electron chi connectivity index (χ2n) is 7.18. The van der Waals surface area contributed by atoms with Crippen molar-refractivity contribution >= 4 is 47.8 Å². The average Bonchev–Trinajstić information content (AvgIpc) is 2.91. The van der Waals surface area contributed by atoms with Crippen molar-refractivity contribution in [1.82, 2.24) is 0 Å². The molecule has 0 saturated carbocycles. The first-order valence-electron chi connectivity index (χ1n) is 10.7. The molecule has 0 bridgehead atoms. The Hall–Kier alpha value is -4.72. The van der Waals surface area contributed by atoms with E-state index in [9.17, 15) is 57.2 Å². The van der Waals surface area contributed by atoms with Crippen LogP contribution in [0.25, 0.3) is 0 Å². The zero-order valence-corrected chi connectivity index (χ0v) is 23.4. The first-order chi connectivity index (χ1) is 18.8. The van der Waals surface area contributed by atoms with Crippen LogP contribution in [0.5, 0.6) is 0 Å². The molecular weight excluding hydrogens is 659 g/mol. The summed E-state index contributed by atoms with van der Waals surface area (Å²) in [4.78, 5) is 40.3. The van der Waals surface area contributed by atoms with Gasteiger partial charge in [0.05, 0.1) is 23.9 Å². The molecule has 4 aromatic rings. The summed E-state index contributed by atoms with van der Waals surface area (Å²) in [5.74, 6) is -6.98. The molecule has 4 rings (SSSR count). The summed E-state index contributed by atoms with van der Waals surface area (Å²) in [6, 6.07) is 17.9. The monoisotopic (exact) mass is 676 g/mol. The van der Waals surface area contributed by atoms with Crippen LogP contribution < -0.4 is 20.4 Å². The first kappa shape index (κ1) is 36.3. The minimum absolute atomic E-state index is 0. The van der Waals surface area contributed by atoms with E-state index in [1.165, 1.54) is 0 Å². The number of aromatic carboxylic acids is 4. The Balaban J connectivity index is 0.000000516. The molecule has 0 unspecified atom stereocenters. The third kappa shape index (κ3) is 14.9. The Labute approximate surface area is 247 Å². The van der Waals surface area contributed by atoms with Crippen LogP contribution in [0.2, 0.25) is 0 Å². The fourth-order valence-corrected chi connectivity index (χ4v) is 2.34. The van der Waals surface area contributed by atoms with Crippen molar-refractivity contribution in [3.63, 3.8) is 0 Å². The molecule has 8 nitrogen and oxygen atoms in total. The van der Waals surface area contributed by atoms with E-state index in [1.807, 2.05) is 0 Å². The van der Waals surface area contributed by atoms with E-state index in [0.29, 0.717) is 0 Å². The number of rotatable bonds is 4. The molecule has 0 atom stereocenters. The van der Waals surface area contributed by atoms with Crippen LogP contribution in [0.15, 0.2) is 97.1 Å². The van der Waals surface area contributed by atoms with Crippen molar-refractivity contribution in [1.29, 1.82) is 0 Å². The Morgan fingerprint density at radius 2 is 0.463 bits per heavy atom. The van der Waals surface area contributed by atoms with Gasteiger partial charge in [0.15, 0.2) is 0 Å². The van der Waals surface area contributed by atoms with Crippen LogP contribution in [0.4, 0.5) is 17.6 Å². The summed E-state index contributed by atoms with van der Waals surface area (Å²) < 4.78 is 48.5. The van der Waals surface area contributed by atoms with Gasteiger partial charge in [-0.3, -0.25) is 0 Å². The van der Waals surface area contributed by atoms with Crippen LogP contribution >= 0.6 is 0 Å². The number of benzene rings is 4. The van der Waals surface area contributed by atoms with E-state index in [0.717, 1.165) is 97.1 Å². The predicted molar refractivity (Wildman–Crippen MR) is 129 cm³/mol. The van der Waals surface area contributed by atoms with Crippen LogP contribution in [0.1, 0.15) is 41.4 Å². The van der Waals surface area contributed by atoms with Crippen molar-refractivity contribution in [2.45, 2.75) is 0 Å². The van der Waals surface area contributed by atoms with Crippen LogP contribution in [-0.2, 0) is 0 Å². The van der Waals surface area contributed by atoms with Gasteiger partial charge in [0.1, 0.15) is 23.3 Å². The topological polar surface area (TPSA) is 161 Å². The summed E-state index contributed by atoms with van der Waals surface area (Å²) in [6.07, 6.45) is 0. The molecule has 41 heavy (non-hydrogen) atoms. The van der Waals surface area contributed by atoms with Crippen molar-refractivity contribution in [3.8, 4) is 0 Å². The normalized spacial score (nSPS) is 9.07. The van der Waals surface area contributed by atoms with Gasteiger partial charge in [-0.2, -0.15) is 0 Å². The summed E-state index contributed by atoms with van der Waals surface area (Å²) in [6.45, 7) is 0. The van der Waals surface area contributed by atoms with Gasteiger partial charge in [-0.15, -0.1) is 0 Å².